The van der Waals surface area contributed by atoms with Crippen LogP contribution in [-0.4, -0.2) is 52.7 Å². The molecule has 130 valence electrons. The Balaban J connectivity index is 1.96. The van der Waals surface area contributed by atoms with Gasteiger partial charge in [-0.05, 0) is 31.9 Å². The van der Waals surface area contributed by atoms with Crippen molar-refractivity contribution in [3.8, 4) is 0 Å². The number of fused-ring (bicyclic) bond motifs is 1. The average molecular weight is 349 g/mol. The van der Waals surface area contributed by atoms with Gasteiger partial charge < -0.3 is 9.30 Å². The molecule has 2 aromatic rings. The first kappa shape index (κ1) is 17.0. The summed E-state index contributed by atoms with van der Waals surface area (Å²) < 4.78 is 25.6. The fourth-order valence-corrected chi connectivity index (χ4v) is 5.01. The van der Waals surface area contributed by atoms with Crippen LogP contribution in [0.25, 0.3) is 5.52 Å². The van der Waals surface area contributed by atoms with Crippen molar-refractivity contribution in [1.82, 2.24) is 14.3 Å². The Morgan fingerprint density at radius 3 is 2.88 bits per heavy atom. The number of unbranched alkanes of at least 4 members (excludes halogenated alkanes) is 1. The molecule has 1 aliphatic heterocycles. The lowest BCUT2D eigenvalue weighted by Crippen LogP contribution is -2.42. The van der Waals surface area contributed by atoms with Crippen molar-refractivity contribution in [2.75, 3.05) is 18.1 Å². The molecule has 1 saturated heterocycles. The molecule has 24 heavy (non-hydrogen) atoms. The van der Waals surface area contributed by atoms with E-state index in [0.717, 1.165) is 24.2 Å². The summed E-state index contributed by atoms with van der Waals surface area (Å²) in [7, 11) is -3.04. The van der Waals surface area contributed by atoms with Gasteiger partial charge in [-0.25, -0.2) is 13.4 Å². The summed E-state index contributed by atoms with van der Waals surface area (Å²) in [5.41, 5.74) is 1.18. The minimum Gasteiger partial charge on any atom is -0.333 e. The number of carbonyl (C=O) groups is 1. The third kappa shape index (κ3) is 3.17. The zero-order valence-electron chi connectivity index (χ0n) is 14.1. The normalized spacial score (nSPS) is 19.7. The van der Waals surface area contributed by atoms with Gasteiger partial charge in [-0.1, -0.05) is 19.4 Å². The number of aryl methyl sites for hydroxylation is 1. The minimum absolute atomic E-state index is 0.0627. The van der Waals surface area contributed by atoms with Crippen molar-refractivity contribution in [2.24, 2.45) is 0 Å². The molecular formula is C17H23N3O3S. The van der Waals surface area contributed by atoms with Crippen LogP contribution in [0.3, 0.4) is 0 Å². The Hall–Kier alpha value is -1.89. The molecule has 0 radical (unpaired) electrons. The van der Waals surface area contributed by atoms with Crippen LogP contribution in [0.1, 0.15) is 42.5 Å². The summed E-state index contributed by atoms with van der Waals surface area (Å²) >= 11 is 0. The maximum absolute atomic E-state index is 13.1. The van der Waals surface area contributed by atoms with Crippen molar-refractivity contribution < 1.29 is 13.2 Å². The number of sulfone groups is 1. The fourth-order valence-electron chi connectivity index (χ4n) is 3.28. The Morgan fingerprint density at radius 2 is 2.21 bits per heavy atom. The van der Waals surface area contributed by atoms with Crippen molar-refractivity contribution in [2.45, 2.75) is 39.2 Å². The predicted molar refractivity (Wildman–Crippen MR) is 92.9 cm³/mol. The van der Waals surface area contributed by atoms with Gasteiger partial charge in [0, 0.05) is 18.8 Å². The van der Waals surface area contributed by atoms with Crippen LogP contribution >= 0.6 is 0 Å². The van der Waals surface area contributed by atoms with Crippen molar-refractivity contribution in [3.63, 3.8) is 0 Å². The van der Waals surface area contributed by atoms with E-state index in [1.807, 2.05) is 35.7 Å². The lowest BCUT2D eigenvalue weighted by atomic mass is 10.1. The second kappa shape index (κ2) is 6.55. The van der Waals surface area contributed by atoms with E-state index in [1.165, 1.54) is 0 Å². The van der Waals surface area contributed by atoms with Crippen molar-refractivity contribution in [1.29, 1.82) is 0 Å². The van der Waals surface area contributed by atoms with Gasteiger partial charge in [0.1, 0.15) is 5.82 Å². The van der Waals surface area contributed by atoms with E-state index >= 15 is 0 Å². The number of hydrogen-bond acceptors (Lipinski definition) is 4. The SMILES string of the molecule is CCCCN(C(=O)c1nc(C)n2ccccc12)[C@H]1CCS(=O)(=O)C1. The van der Waals surface area contributed by atoms with Gasteiger partial charge in [-0.2, -0.15) is 0 Å². The molecule has 0 saturated carbocycles. The van der Waals surface area contributed by atoms with Gasteiger partial charge in [-0.15, -0.1) is 0 Å². The van der Waals surface area contributed by atoms with Crippen LogP contribution in [0, 0.1) is 6.92 Å². The molecule has 2 aromatic heterocycles. The van der Waals surface area contributed by atoms with E-state index in [2.05, 4.69) is 11.9 Å². The van der Waals surface area contributed by atoms with Crippen LogP contribution in [0.5, 0.6) is 0 Å². The van der Waals surface area contributed by atoms with Gasteiger partial charge in [0.25, 0.3) is 5.91 Å². The molecular weight excluding hydrogens is 326 g/mol. The fraction of sp³-hybridized carbons (Fsp3) is 0.529. The van der Waals surface area contributed by atoms with Gasteiger partial charge in [0.15, 0.2) is 15.5 Å². The number of rotatable bonds is 5. The number of nitrogens with zero attached hydrogens (tertiary/aromatic N) is 3. The highest BCUT2D eigenvalue weighted by molar-refractivity contribution is 7.91. The zero-order valence-corrected chi connectivity index (χ0v) is 14.9. The molecule has 3 heterocycles. The van der Waals surface area contributed by atoms with E-state index in [9.17, 15) is 13.2 Å². The minimum atomic E-state index is -3.04. The highest BCUT2D eigenvalue weighted by Gasteiger charge is 2.35. The van der Waals surface area contributed by atoms with Crippen LogP contribution in [0.4, 0.5) is 0 Å². The lowest BCUT2D eigenvalue weighted by molar-refractivity contribution is 0.0690. The highest BCUT2D eigenvalue weighted by Crippen LogP contribution is 2.22. The molecule has 1 amide bonds. The van der Waals surface area contributed by atoms with E-state index in [0.29, 0.717) is 18.7 Å². The summed E-state index contributed by atoms with van der Waals surface area (Å²) in [5.74, 6) is 0.815. The monoisotopic (exact) mass is 349 g/mol. The largest absolute Gasteiger partial charge is 0.333 e. The Morgan fingerprint density at radius 1 is 1.42 bits per heavy atom. The summed E-state index contributed by atoms with van der Waals surface area (Å²) in [4.78, 5) is 19.3. The number of imidazole rings is 1. The lowest BCUT2D eigenvalue weighted by Gasteiger charge is -2.27. The summed E-state index contributed by atoms with van der Waals surface area (Å²) in [6.07, 6.45) is 4.20. The molecule has 0 bridgehead atoms. The van der Waals surface area contributed by atoms with E-state index in [4.69, 9.17) is 0 Å². The molecule has 1 atom stereocenters. The molecule has 7 heteroatoms. The summed E-state index contributed by atoms with van der Waals surface area (Å²) in [6.45, 7) is 4.49. The first-order chi connectivity index (χ1) is 11.4. The zero-order chi connectivity index (χ0) is 17.3. The molecule has 0 spiro atoms. The first-order valence-corrected chi connectivity index (χ1v) is 10.2. The van der Waals surface area contributed by atoms with E-state index in [-0.39, 0.29) is 23.5 Å². The van der Waals surface area contributed by atoms with Gasteiger partial charge in [-0.3, -0.25) is 4.79 Å². The maximum atomic E-state index is 13.1. The van der Waals surface area contributed by atoms with E-state index < -0.39 is 9.84 Å². The quantitative estimate of drug-likeness (QED) is 0.828. The first-order valence-electron chi connectivity index (χ1n) is 8.38. The standard InChI is InChI=1S/C17H23N3O3S/c1-3-4-9-20(14-8-11-24(22,23)12-14)17(21)16-15-7-5-6-10-19(15)13(2)18-16/h5-7,10,14H,3-4,8-9,11-12H2,1-2H3/t14-/m0/s1. The molecule has 3 rings (SSSR count). The highest BCUT2D eigenvalue weighted by atomic mass is 32.2. The van der Waals surface area contributed by atoms with Crippen molar-refractivity contribution >= 4 is 21.3 Å². The van der Waals surface area contributed by atoms with Crippen LogP contribution in [0.15, 0.2) is 24.4 Å². The molecule has 0 aromatic carbocycles. The van der Waals surface area contributed by atoms with Gasteiger partial charge >= 0.3 is 0 Å². The van der Waals surface area contributed by atoms with Gasteiger partial charge in [0.05, 0.1) is 17.0 Å². The third-order valence-electron chi connectivity index (χ3n) is 4.59. The van der Waals surface area contributed by atoms with Crippen LogP contribution in [0.2, 0.25) is 0 Å². The topological polar surface area (TPSA) is 71.8 Å². The molecule has 0 aliphatic carbocycles. The predicted octanol–water partition coefficient (Wildman–Crippen LogP) is 2.07. The van der Waals surface area contributed by atoms with Crippen molar-refractivity contribution in [3.05, 3.63) is 35.9 Å². The number of carbonyl (C=O) groups excluding carboxylic acids is 1. The summed E-state index contributed by atoms with van der Waals surface area (Å²) in [5, 5.41) is 0. The third-order valence-corrected chi connectivity index (χ3v) is 6.34. The maximum Gasteiger partial charge on any atom is 0.274 e. The number of amides is 1. The second-order valence-electron chi connectivity index (χ2n) is 6.37. The van der Waals surface area contributed by atoms with Gasteiger partial charge in [0.2, 0.25) is 0 Å². The number of aromatic nitrogens is 2. The molecule has 6 nitrogen and oxygen atoms in total. The Kier molecular flexibility index (Phi) is 4.62. The summed E-state index contributed by atoms with van der Waals surface area (Å²) in [6, 6.07) is 5.41. The molecule has 1 aliphatic rings. The number of pyridine rings is 1. The Bertz CT molecular complexity index is 857. The van der Waals surface area contributed by atoms with E-state index in [1.54, 1.807) is 4.90 Å². The second-order valence-corrected chi connectivity index (χ2v) is 8.60. The van der Waals surface area contributed by atoms with Crippen LogP contribution in [-0.2, 0) is 9.84 Å². The van der Waals surface area contributed by atoms with Crippen LogP contribution < -0.4 is 0 Å². The molecule has 1 fully saturated rings. The number of hydrogen-bond donors (Lipinski definition) is 0. The molecule has 0 unspecified atom stereocenters. The average Bonchev–Trinajstić information content (AvgIpc) is 3.08. The smallest absolute Gasteiger partial charge is 0.274 e. The molecule has 0 N–H and O–H groups in total. The Labute approximate surface area is 142 Å².